The minimum Gasteiger partial charge on any atom is -0.451 e. The van der Waals surface area contributed by atoms with Crippen molar-refractivity contribution in [3.05, 3.63) is 30.0 Å². The van der Waals surface area contributed by atoms with E-state index in [1.54, 1.807) is 12.2 Å². The van der Waals surface area contributed by atoms with Gasteiger partial charge in [-0.1, -0.05) is 19.9 Å². The van der Waals surface area contributed by atoms with Gasteiger partial charge in [0.15, 0.2) is 5.78 Å². The summed E-state index contributed by atoms with van der Waals surface area (Å²) in [6, 6.07) is 0.941. The summed E-state index contributed by atoms with van der Waals surface area (Å²) in [5, 5.41) is 7.20. The van der Waals surface area contributed by atoms with E-state index in [9.17, 15) is 18.0 Å². The van der Waals surface area contributed by atoms with E-state index < -0.39 is 21.0 Å². The molecule has 1 amide bonds. The smallest absolute Gasteiger partial charge is 0.271 e. The summed E-state index contributed by atoms with van der Waals surface area (Å²) in [5.74, 6) is -0.323. The predicted octanol–water partition coefficient (Wildman–Crippen LogP) is 2.00. The van der Waals surface area contributed by atoms with Gasteiger partial charge < -0.3 is 9.73 Å². The van der Waals surface area contributed by atoms with Gasteiger partial charge in [0.2, 0.25) is 5.09 Å². The van der Waals surface area contributed by atoms with Gasteiger partial charge in [-0.2, -0.15) is 0 Å². The molecule has 0 saturated carbocycles. The number of nitrogens with one attached hydrogen (secondary N) is 1. The SMILES string of the molecule is CCC(C)C(=O)/C=C/CC[C@@H](C)NC(=O)c1coc(S(N)(=O)=O)c1. The molecular weight excluding hydrogens is 332 g/mol. The summed E-state index contributed by atoms with van der Waals surface area (Å²) in [6.45, 7) is 5.67. The zero-order valence-electron chi connectivity index (χ0n) is 14.1. The molecule has 0 fully saturated rings. The number of hydrogen-bond donors (Lipinski definition) is 2. The first-order valence-electron chi connectivity index (χ1n) is 7.77. The molecule has 8 heteroatoms. The van der Waals surface area contributed by atoms with Crippen LogP contribution in [0.25, 0.3) is 0 Å². The Morgan fingerprint density at radius 1 is 1.38 bits per heavy atom. The normalized spacial score (nSPS) is 14.5. The highest BCUT2D eigenvalue weighted by Gasteiger charge is 2.18. The van der Waals surface area contributed by atoms with Gasteiger partial charge in [0.05, 0.1) is 5.56 Å². The molecule has 0 saturated heterocycles. The molecule has 0 aromatic carbocycles. The van der Waals surface area contributed by atoms with Gasteiger partial charge >= 0.3 is 0 Å². The maximum absolute atomic E-state index is 12.0. The van der Waals surface area contributed by atoms with E-state index in [0.717, 1.165) is 18.8 Å². The van der Waals surface area contributed by atoms with E-state index in [1.165, 1.54) is 0 Å². The van der Waals surface area contributed by atoms with Crippen LogP contribution in [0.5, 0.6) is 0 Å². The van der Waals surface area contributed by atoms with E-state index in [1.807, 2.05) is 20.8 Å². The first-order chi connectivity index (χ1) is 11.1. The number of carbonyl (C=O) groups excluding carboxylic acids is 2. The number of ketones is 1. The van der Waals surface area contributed by atoms with Crippen molar-refractivity contribution >= 4 is 21.7 Å². The summed E-state index contributed by atoms with van der Waals surface area (Å²) >= 11 is 0. The lowest BCUT2D eigenvalue weighted by Gasteiger charge is -2.11. The molecule has 0 aliphatic heterocycles. The van der Waals surface area contributed by atoms with Crippen LogP contribution < -0.4 is 10.5 Å². The second kappa shape index (κ2) is 8.79. The lowest BCUT2D eigenvalue weighted by molar-refractivity contribution is -0.117. The van der Waals surface area contributed by atoms with Crippen molar-refractivity contribution in [1.82, 2.24) is 5.32 Å². The summed E-state index contributed by atoms with van der Waals surface area (Å²) in [5.41, 5.74) is 0.0911. The van der Waals surface area contributed by atoms with Gasteiger partial charge in [-0.3, -0.25) is 9.59 Å². The lowest BCUT2D eigenvalue weighted by atomic mass is 10.0. The van der Waals surface area contributed by atoms with Gasteiger partial charge in [-0.15, -0.1) is 0 Å². The number of primary sulfonamides is 1. The van der Waals surface area contributed by atoms with E-state index in [4.69, 9.17) is 9.56 Å². The molecule has 7 nitrogen and oxygen atoms in total. The van der Waals surface area contributed by atoms with Crippen molar-refractivity contribution in [1.29, 1.82) is 0 Å². The van der Waals surface area contributed by atoms with Gasteiger partial charge in [0.25, 0.3) is 15.9 Å². The van der Waals surface area contributed by atoms with E-state index >= 15 is 0 Å². The first-order valence-corrected chi connectivity index (χ1v) is 9.32. The van der Waals surface area contributed by atoms with Crippen LogP contribution in [0.15, 0.2) is 34.0 Å². The average molecular weight is 356 g/mol. The standard InChI is InChI=1S/C16H24N2O5S/c1-4-11(2)14(19)8-6-5-7-12(3)18-16(20)13-9-15(23-10-13)24(17,21)22/h6,8-12H,4-5,7H2,1-3H3,(H,18,20)(H2,17,21,22)/b8-6+/t11?,12-/m1/s1. The zero-order valence-corrected chi connectivity index (χ0v) is 14.9. The lowest BCUT2D eigenvalue weighted by Crippen LogP contribution is -2.32. The molecule has 0 bridgehead atoms. The molecule has 1 aromatic heterocycles. The Morgan fingerprint density at radius 2 is 2.04 bits per heavy atom. The largest absolute Gasteiger partial charge is 0.451 e. The number of nitrogens with two attached hydrogens (primary N) is 1. The second-order valence-corrected chi connectivity index (χ2v) is 7.26. The molecule has 1 rings (SSSR count). The van der Waals surface area contributed by atoms with Gasteiger partial charge in [-0.05, 0) is 32.3 Å². The zero-order chi connectivity index (χ0) is 18.3. The molecule has 0 radical (unpaired) electrons. The second-order valence-electron chi connectivity index (χ2n) is 5.77. The molecule has 0 spiro atoms. The fourth-order valence-electron chi connectivity index (χ4n) is 1.88. The molecular formula is C16H24N2O5S. The third kappa shape index (κ3) is 6.29. The molecule has 1 unspecified atom stereocenters. The summed E-state index contributed by atoms with van der Waals surface area (Å²) < 4.78 is 27.0. The van der Waals surface area contributed by atoms with Crippen LogP contribution >= 0.6 is 0 Å². The van der Waals surface area contributed by atoms with Crippen LogP contribution in [0.2, 0.25) is 0 Å². The molecule has 1 aromatic rings. The van der Waals surface area contributed by atoms with Crippen LogP contribution in [-0.2, 0) is 14.8 Å². The van der Waals surface area contributed by atoms with Crippen molar-refractivity contribution in [2.75, 3.05) is 0 Å². The molecule has 134 valence electrons. The third-order valence-electron chi connectivity index (χ3n) is 3.64. The van der Waals surface area contributed by atoms with Crippen LogP contribution in [-0.4, -0.2) is 26.2 Å². The highest BCUT2D eigenvalue weighted by Crippen LogP contribution is 2.12. The molecule has 1 heterocycles. The summed E-state index contributed by atoms with van der Waals surface area (Å²) in [4.78, 5) is 23.6. The maximum Gasteiger partial charge on any atom is 0.271 e. The van der Waals surface area contributed by atoms with Crippen LogP contribution in [0.4, 0.5) is 0 Å². The van der Waals surface area contributed by atoms with Crippen molar-refractivity contribution in [3.8, 4) is 0 Å². The van der Waals surface area contributed by atoms with E-state index in [2.05, 4.69) is 5.32 Å². The van der Waals surface area contributed by atoms with Crippen LogP contribution in [0, 0.1) is 5.92 Å². The Morgan fingerprint density at radius 3 is 2.58 bits per heavy atom. The Labute approximate surface area is 142 Å². The monoisotopic (exact) mass is 356 g/mol. The number of furan rings is 1. The van der Waals surface area contributed by atoms with Crippen molar-refractivity contribution in [3.63, 3.8) is 0 Å². The number of sulfonamides is 1. The quantitative estimate of drug-likeness (QED) is 0.656. The van der Waals surface area contributed by atoms with Crippen LogP contribution in [0.3, 0.4) is 0 Å². The van der Waals surface area contributed by atoms with Crippen LogP contribution in [0.1, 0.15) is 50.4 Å². The summed E-state index contributed by atoms with van der Waals surface area (Å²) in [7, 11) is -3.97. The minimum absolute atomic E-state index is 0.0208. The number of carbonyl (C=O) groups is 2. The van der Waals surface area contributed by atoms with Crippen molar-refractivity contribution < 1.29 is 22.4 Å². The molecule has 2 atom stereocenters. The number of allylic oxidation sites excluding steroid dienone is 2. The summed E-state index contributed by atoms with van der Waals surface area (Å²) in [6.07, 6.45) is 6.53. The fourth-order valence-corrected chi connectivity index (χ4v) is 2.35. The van der Waals surface area contributed by atoms with E-state index in [-0.39, 0.29) is 23.3 Å². The number of rotatable bonds is 9. The number of hydrogen-bond acceptors (Lipinski definition) is 5. The Balaban J connectivity index is 2.46. The first kappa shape index (κ1) is 20.1. The highest BCUT2D eigenvalue weighted by atomic mass is 32.2. The molecule has 0 aliphatic rings. The minimum atomic E-state index is -3.97. The maximum atomic E-state index is 12.0. The molecule has 0 aliphatic carbocycles. The Bertz CT molecular complexity index is 706. The van der Waals surface area contributed by atoms with E-state index in [0.29, 0.717) is 12.8 Å². The molecule has 24 heavy (non-hydrogen) atoms. The predicted molar refractivity (Wildman–Crippen MR) is 89.8 cm³/mol. The van der Waals surface area contributed by atoms with Crippen molar-refractivity contribution in [2.45, 2.75) is 51.2 Å². The topological polar surface area (TPSA) is 119 Å². The van der Waals surface area contributed by atoms with Gasteiger partial charge in [-0.25, -0.2) is 13.6 Å². The Hall–Kier alpha value is -1.93. The number of amides is 1. The third-order valence-corrected chi connectivity index (χ3v) is 4.42. The van der Waals surface area contributed by atoms with Crippen molar-refractivity contribution in [2.24, 2.45) is 11.1 Å². The van der Waals surface area contributed by atoms with Gasteiger partial charge in [0.1, 0.15) is 6.26 Å². The Kier molecular flexibility index (Phi) is 7.37. The molecule has 3 N–H and O–H groups in total. The highest BCUT2D eigenvalue weighted by molar-refractivity contribution is 7.89. The average Bonchev–Trinajstić information content (AvgIpc) is 3.00. The van der Waals surface area contributed by atoms with Gasteiger partial charge in [0, 0.05) is 18.0 Å². The fraction of sp³-hybridized carbons (Fsp3) is 0.500.